The highest BCUT2D eigenvalue weighted by Gasteiger charge is 2.38. The van der Waals surface area contributed by atoms with Crippen molar-refractivity contribution in [3.05, 3.63) is 41.9 Å². The van der Waals surface area contributed by atoms with E-state index in [-0.39, 0.29) is 5.57 Å². The van der Waals surface area contributed by atoms with Crippen molar-refractivity contribution < 1.29 is 19.1 Å². The van der Waals surface area contributed by atoms with Gasteiger partial charge in [0.15, 0.2) is 11.4 Å². The van der Waals surface area contributed by atoms with Crippen LogP contribution in [0, 0.1) is 6.92 Å². The molecule has 1 aromatic carbocycles. The smallest absolute Gasteiger partial charge is 0.350 e. The third kappa shape index (κ3) is 3.26. The van der Waals surface area contributed by atoms with Gasteiger partial charge in [-0.3, -0.25) is 0 Å². The maximum atomic E-state index is 12.0. The van der Waals surface area contributed by atoms with E-state index >= 15 is 0 Å². The van der Waals surface area contributed by atoms with Gasteiger partial charge in [-0.15, -0.1) is 10.2 Å². The van der Waals surface area contributed by atoms with Crippen LogP contribution in [0.25, 0.3) is 15.5 Å². The summed E-state index contributed by atoms with van der Waals surface area (Å²) in [6, 6.07) is 7.40. The Morgan fingerprint density at radius 2 is 1.93 bits per heavy atom. The van der Waals surface area contributed by atoms with E-state index in [1.54, 1.807) is 10.6 Å². The molecule has 0 unspecified atom stereocenters. The fraction of sp³-hybridized carbons (Fsp3) is 0.235. The van der Waals surface area contributed by atoms with Crippen LogP contribution in [0.3, 0.4) is 0 Å². The van der Waals surface area contributed by atoms with E-state index in [1.807, 2.05) is 25.1 Å². The zero-order chi connectivity index (χ0) is 19.2. The first kappa shape index (κ1) is 17.2. The Labute approximate surface area is 157 Å². The molecule has 0 amide bonds. The molecule has 0 saturated carbocycles. The van der Waals surface area contributed by atoms with Crippen molar-refractivity contribution in [3.63, 3.8) is 0 Å². The van der Waals surface area contributed by atoms with E-state index in [2.05, 4.69) is 20.6 Å². The molecule has 3 aromatic rings. The van der Waals surface area contributed by atoms with E-state index in [9.17, 15) is 9.59 Å². The van der Waals surface area contributed by atoms with E-state index < -0.39 is 17.7 Å². The number of nitrogens with zero attached hydrogens (tertiary/aromatic N) is 4. The third-order valence-electron chi connectivity index (χ3n) is 3.76. The molecule has 0 spiro atoms. The normalized spacial score (nSPS) is 16.2. The fourth-order valence-electron chi connectivity index (χ4n) is 2.51. The van der Waals surface area contributed by atoms with Crippen LogP contribution in [-0.4, -0.2) is 37.5 Å². The first-order chi connectivity index (χ1) is 12.8. The summed E-state index contributed by atoms with van der Waals surface area (Å²) in [5.74, 6) is -2.02. The predicted molar refractivity (Wildman–Crippen MR) is 96.8 cm³/mol. The summed E-state index contributed by atoms with van der Waals surface area (Å²) in [7, 11) is 0. The van der Waals surface area contributed by atoms with Crippen molar-refractivity contribution in [2.24, 2.45) is 0 Å². The monoisotopic (exact) mass is 385 g/mol. The topological polar surface area (TPSA) is 108 Å². The van der Waals surface area contributed by atoms with Crippen LogP contribution in [0.1, 0.15) is 19.7 Å². The Morgan fingerprint density at radius 3 is 2.63 bits per heavy atom. The van der Waals surface area contributed by atoms with Gasteiger partial charge in [0.05, 0.1) is 0 Å². The molecule has 1 fully saturated rings. The van der Waals surface area contributed by atoms with Gasteiger partial charge in [-0.05, 0) is 19.1 Å². The van der Waals surface area contributed by atoms with E-state index in [0.29, 0.717) is 16.5 Å². The molecule has 1 N–H and O–H groups in total. The molecule has 0 atom stereocenters. The Bertz CT molecular complexity index is 1080. The maximum absolute atomic E-state index is 12.0. The van der Waals surface area contributed by atoms with Crippen LogP contribution in [0.15, 0.2) is 36.0 Å². The number of fused-ring (bicyclic) bond motifs is 1. The number of carbonyl (C=O) groups excluding carboxylic acids is 2. The lowest BCUT2D eigenvalue weighted by molar-refractivity contribution is -0.222. The lowest BCUT2D eigenvalue weighted by atomic mass is 10.2. The second-order valence-electron chi connectivity index (χ2n) is 6.31. The highest BCUT2D eigenvalue weighted by molar-refractivity contribution is 7.19. The van der Waals surface area contributed by atoms with Crippen molar-refractivity contribution in [2.75, 3.05) is 5.32 Å². The molecular weight excluding hydrogens is 370 g/mol. The summed E-state index contributed by atoms with van der Waals surface area (Å²) in [6.07, 6.45) is 1.28. The van der Waals surface area contributed by atoms with E-state index in [4.69, 9.17) is 9.47 Å². The van der Waals surface area contributed by atoms with Gasteiger partial charge in [0, 0.05) is 31.3 Å². The largest absolute Gasteiger partial charge is 0.419 e. The number of hydrogen-bond acceptors (Lipinski definition) is 9. The number of nitrogens with one attached hydrogen (secondary N) is 1. The molecule has 3 heterocycles. The van der Waals surface area contributed by atoms with Gasteiger partial charge in [-0.25, -0.2) is 9.59 Å². The SMILES string of the molecule is Cc1nnc2sc(-c3cccc(NC=C4C(=O)OC(C)(C)OC4=O)c3)nn12. The van der Waals surface area contributed by atoms with Gasteiger partial charge in [0.1, 0.15) is 5.01 Å². The summed E-state index contributed by atoms with van der Waals surface area (Å²) in [5.41, 5.74) is 1.34. The van der Waals surface area contributed by atoms with Crippen LogP contribution < -0.4 is 5.32 Å². The predicted octanol–water partition coefficient (Wildman–Crippen LogP) is 2.29. The highest BCUT2D eigenvalue weighted by atomic mass is 32.1. The number of ether oxygens (including phenoxy) is 2. The van der Waals surface area contributed by atoms with Crippen LogP contribution in [0.2, 0.25) is 0 Å². The van der Waals surface area contributed by atoms with Crippen LogP contribution >= 0.6 is 11.3 Å². The zero-order valence-corrected chi connectivity index (χ0v) is 15.5. The average Bonchev–Trinajstić information content (AvgIpc) is 3.16. The second kappa shape index (κ2) is 6.16. The Morgan fingerprint density at radius 1 is 1.19 bits per heavy atom. The molecule has 0 bridgehead atoms. The number of benzene rings is 1. The Hall–Kier alpha value is -3.27. The van der Waals surface area contributed by atoms with Crippen molar-refractivity contribution in [3.8, 4) is 10.6 Å². The number of rotatable bonds is 3. The Kier molecular flexibility index (Phi) is 3.92. The molecular formula is C17H15N5O4S. The minimum Gasteiger partial charge on any atom is -0.419 e. The summed E-state index contributed by atoms with van der Waals surface area (Å²) < 4.78 is 11.8. The van der Waals surface area contributed by atoms with Gasteiger partial charge in [-0.2, -0.15) is 9.61 Å². The van der Waals surface area contributed by atoms with Crippen molar-refractivity contribution in [1.82, 2.24) is 19.8 Å². The van der Waals surface area contributed by atoms with Gasteiger partial charge >= 0.3 is 11.9 Å². The summed E-state index contributed by atoms with van der Waals surface area (Å²) >= 11 is 1.41. The fourth-order valence-corrected chi connectivity index (χ4v) is 3.39. The minimum atomic E-state index is -1.26. The summed E-state index contributed by atoms with van der Waals surface area (Å²) in [4.78, 5) is 24.7. The molecule has 10 heteroatoms. The number of anilines is 1. The summed E-state index contributed by atoms with van der Waals surface area (Å²) in [5, 5.41) is 16.2. The number of carbonyl (C=O) groups is 2. The van der Waals surface area contributed by atoms with E-state index in [1.165, 1.54) is 31.4 Å². The number of esters is 2. The third-order valence-corrected chi connectivity index (χ3v) is 4.70. The molecule has 1 aliphatic rings. The molecule has 4 rings (SSSR count). The van der Waals surface area contributed by atoms with Crippen molar-refractivity contribution in [1.29, 1.82) is 0 Å². The molecule has 138 valence electrons. The van der Waals surface area contributed by atoms with Gasteiger partial charge < -0.3 is 14.8 Å². The molecule has 9 nitrogen and oxygen atoms in total. The molecule has 0 aliphatic carbocycles. The standard InChI is InChI=1S/C17H15N5O4S/c1-9-19-20-16-22(9)21-13(27-16)10-5-4-6-11(7-10)18-8-12-14(23)25-17(2,3)26-15(12)24/h4-8,18H,1-3H3. The number of hydrogen-bond donors (Lipinski definition) is 1. The van der Waals surface area contributed by atoms with Gasteiger partial charge in [-0.1, -0.05) is 23.5 Å². The molecule has 27 heavy (non-hydrogen) atoms. The van der Waals surface area contributed by atoms with E-state index in [0.717, 1.165) is 10.6 Å². The molecule has 1 saturated heterocycles. The average molecular weight is 385 g/mol. The number of aromatic nitrogens is 4. The number of aryl methyl sites for hydroxylation is 1. The lowest BCUT2D eigenvalue weighted by Gasteiger charge is -2.29. The molecule has 2 aromatic heterocycles. The summed E-state index contributed by atoms with van der Waals surface area (Å²) in [6.45, 7) is 4.83. The van der Waals surface area contributed by atoms with Crippen LogP contribution in [-0.2, 0) is 19.1 Å². The molecule has 0 radical (unpaired) electrons. The second-order valence-corrected chi connectivity index (χ2v) is 7.27. The van der Waals surface area contributed by atoms with Crippen LogP contribution in [0.5, 0.6) is 0 Å². The first-order valence-corrected chi connectivity index (χ1v) is 8.87. The minimum absolute atomic E-state index is 0.200. The zero-order valence-electron chi connectivity index (χ0n) is 14.7. The highest BCUT2D eigenvalue weighted by Crippen LogP contribution is 2.28. The maximum Gasteiger partial charge on any atom is 0.350 e. The van der Waals surface area contributed by atoms with Gasteiger partial charge in [0.2, 0.25) is 4.96 Å². The van der Waals surface area contributed by atoms with Crippen molar-refractivity contribution in [2.45, 2.75) is 26.6 Å². The molecule has 1 aliphatic heterocycles. The quantitative estimate of drug-likeness (QED) is 0.416. The Balaban J connectivity index is 1.58. The van der Waals surface area contributed by atoms with Crippen molar-refractivity contribution >= 4 is 33.9 Å². The number of cyclic esters (lactones) is 2. The van der Waals surface area contributed by atoms with Gasteiger partial charge in [0.25, 0.3) is 5.79 Å². The lowest BCUT2D eigenvalue weighted by Crippen LogP contribution is -2.42. The first-order valence-electron chi connectivity index (χ1n) is 8.05. The van der Waals surface area contributed by atoms with Crippen LogP contribution in [0.4, 0.5) is 5.69 Å².